The Bertz CT molecular complexity index is 516. The molecule has 0 heterocycles. The molecule has 0 saturated heterocycles. The summed E-state index contributed by atoms with van der Waals surface area (Å²) in [5, 5.41) is 10.3. The Morgan fingerprint density at radius 1 is 1.50 bits per heavy atom. The number of allylic oxidation sites excluding steroid dienone is 1. The van der Waals surface area contributed by atoms with Crippen molar-refractivity contribution in [1.29, 1.82) is 5.41 Å². The minimum absolute atomic E-state index is 0.0555. The van der Waals surface area contributed by atoms with E-state index in [9.17, 15) is 4.79 Å². The molecule has 1 aliphatic carbocycles. The first-order valence-electron chi connectivity index (χ1n) is 6.00. The summed E-state index contributed by atoms with van der Waals surface area (Å²) in [6.45, 7) is 1.94. The summed E-state index contributed by atoms with van der Waals surface area (Å²) in [5.41, 5.74) is 8.55. The minimum atomic E-state index is -0.0555. The average Bonchev–Trinajstić information content (AvgIpc) is 3.16. The maximum atomic E-state index is 11.9. The molecule has 18 heavy (non-hydrogen) atoms. The van der Waals surface area contributed by atoms with Crippen molar-refractivity contribution >= 4 is 17.7 Å². The van der Waals surface area contributed by atoms with Crippen LogP contribution in [0.25, 0.3) is 5.57 Å². The summed E-state index contributed by atoms with van der Waals surface area (Å²) in [5.74, 6) is -0.0555. The molecule has 4 N–H and O–H groups in total. The van der Waals surface area contributed by atoms with E-state index in [0.717, 1.165) is 24.0 Å². The van der Waals surface area contributed by atoms with Crippen molar-refractivity contribution in [2.45, 2.75) is 25.8 Å². The summed E-state index contributed by atoms with van der Waals surface area (Å²) in [6, 6.07) is 5.81. The Morgan fingerprint density at radius 2 is 2.22 bits per heavy atom. The van der Waals surface area contributed by atoms with Crippen molar-refractivity contribution in [3.8, 4) is 0 Å². The summed E-state index contributed by atoms with van der Waals surface area (Å²) in [7, 11) is 0. The second-order valence-electron chi connectivity index (χ2n) is 4.54. The minimum Gasteiger partial charge on any atom is -0.404 e. The number of carbonyl (C=O) groups is 1. The first-order chi connectivity index (χ1) is 8.65. The molecule has 4 nitrogen and oxygen atoms in total. The van der Waals surface area contributed by atoms with E-state index in [4.69, 9.17) is 11.1 Å². The molecular weight excluding hydrogens is 226 g/mol. The van der Waals surface area contributed by atoms with E-state index in [1.165, 1.54) is 12.4 Å². The summed E-state index contributed by atoms with van der Waals surface area (Å²) < 4.78 is 0. The molecule has 4 heteroatoms. The van der Waals surface area contributed by atoms with Crippen LogP contribution >= 0.6 is 0 Å². The molecule has 1 saturated carbocycles. The quantitative estimate of drug-likeness (QED) is 0.705. The molecule has 1 aliphatic rings. The molecule has 0 atom stereocenters. The van der Waals surface area contributed by atoms with Crippen molar-refractivity contribution in [1.82, 2.24) is 5.32 Å². The molecule has 0 aliphatic heterocycles. The van der Waals surface area contributed by atoms with Gasteiger partial charge < -0.3 is 16.5 Å². The number of hydrogen-bond donors (Lipinski definition) is 3. The number of carbonyl (C=O) groups excluding carboxylic acids is 1. The van der Waals surface area contributed by atoms with Gasteiger partial charge in [-0.3, -0.25) is 4.79 Å². The zero-order chi connectivity index (χ0) is 13.1. The van der Waals surface area contributed by atoms with E-state index in [1.54, 1.807) is 12.1 Å². The summed E-state index contributed by atoms with van der Waals surface area (Å²) >= 11 is 0. The van der Waals surface area contributed by atoms with Gasteiger partial charge in [0.2, 0.25) is 0 Å². The maximum Gasteiger partial charge on any atom is 0.251 e. The van der Waals surface area contributed by atoms with Crippen LogP contribution in [0, 0.1) is 12.3 Å². The molecule has 2 rings (SSSR count). The van der Waals surface area contributed by atoms with Gasteiger partial charge in [-0.25, -0.2) is 0 Å². The molecule has 0 aromatic heterocycles. The molecule has 0 radical (unpaired) electrons. The first-order valence-corrected chi connectivity index (χ1v) is 6.00. The summed E-state index contributed by atoms with van der Waals surface area (Å²) in [6.07, 6.45) is 4.72. The number of nitrogens with two attached hydrogens (primary N) is 1. The van der Waals surface area contributed by atoms with Crippen LogP contribution in [0.5, 0.6) is 0 Å². The highest BCUT2D eigenvalue weighted by atomic mass is 16.1. The maximum absolute atomic E-state index is 11.9. The standard InChI is InChI=1S/C14H17N3O/c1-9-2-3-10(14(18)17-12-4-5-12)6-13(9)11(7-15)8-16/h2-3,6-8,12,15H,4-5,16H2,1H3,(H,17,18)/b11-8+,15-7?. The van der Waals surface area contributed by atoms with Crippen LogP contribution < -0.4 is 11.1 Å². The van der Waals surface area contributed by atoms with Gasteiger partial charge in [0.05, 0.1) is 0 Å². The zero-order valence-corrected chi connectivity index (χ0v) is 10.4. The molecule has 1 aromatic rings. The third-order valence-corrected chi connectivity index (χ3v) is 3.06. The van der Waals surface area contributed by atoms with Crippen LogP contribution in [0.4, 0.5) is 0 Å². The summed E-state index contributed by atoms with van der Waals surface area (Å²) in [4.78, 5) is 11.9. The fourth-order valence-corrected chi connectivity index (χ4v) is 1.79. The fraction of sp³-hybridized carbons (Fsp3) is 0.286. The predicted molar refractivity (Wildman–Crippen MR) is 72.6 cm³/mol. The monoisotopic (exact) mass is 243 g/mol. The van der Waals surface area contributed by atoms with Gasteiger partial charge in [-0.1, -0.05) is 6.07 Å². The molecule has 0 bridgehead atoms. The van der Waals surface area contributed by atoms with Gasteiger partial charge in [-0.05, 0) is 43.0 Å². The van der Waals surface area contributed by atoms with Crippen LogP contribution in [0.15, 0.2) is 24.4 Å². The Labute approximate surface area is 106 Å². The van der Waals surface area contributed by atoms with E-state index in [2.05, 4.69) is 5.32 Å². The number of benzene rings is 1. The Hall–Kier alpha value is -2.10. The second kappa shape index (κ2) is 5.04. The van der Waals surface area contributed by atoms with Gasteiger partial charge in [0, 0.05) is 29.6 Å². The van der Waals surface area contributed by atoms with Crippen LogP contribution in [-0.4, -0.2) is 18.2 Å². The van der Waals surface area contributed by atoms with Crippen LogP contribution in [0.3, 0.4) is 0 Å². The van der Waals surface area contributed by atoms with E-state index in [-0.39, 0.29) is 5.91 Å². The number of hydrogen-bond acceptors (Lipinski definition) is 3. The van der Waals surface area contributed by atoms with Gasteiger partial charge in [-0.2, -0.15) is 0 Å². The average molecular weight is 243 g/mol. The van der Waals surface area contributed by atoms with Crippen molar-refractivity contribution in [2.24, 2.45) is 5.73 Å². The van der Waals surface area contributed by atoms with Crippen LogP contribution in [-0.2, 0) is 0 Å². The molecule has 1 fully saturated rings. The molecule has 0 spiro atoms. The van der Waals surface area contributed by atoms with E-state index >= 15 is 0 Å². The van der Waals surface area contributed by atoms with E-state index in [1.807, 2.05) is 13.0 Å². The van der Waals surface area contributed by atoms with E-state index in [0.29, 0.717) is 17.2 Å². The van der Waals surface area contributed by atoms with Gasteiger partial charge in [0.15, 0.2) is 0 Å². The lowest BCUT2D eigenvalue weighted by Crippen LogP contribution is -2.25. The largest absolute Gasteiger partial charge is 0.404 e. The normalized spacial score (nSPS) is 15.3. The lowest BCUT2D eigenvalue weighted by atomic mass is 9.99. The van der Waals surface area contributed by atoms with Crippen molar-refractivity contribution in [3.05, 3.63) is 41.1 Å². The van der Waals surface area contributed by atoms with E-state index < -0.39 is 0 Å². The number of aryl methyl sites for hydroxylation is 1. The molecule has 94 valence electrons. The number of rotatable bonds is 4. The SMILES string of the molecule is Cc1ccc(C(=O)NC2CC2)cc1/C(C=N)=C/N. The van der Waals surface area contributed by atoms with Crippen molar-refractivity contribution in [2.75, 3.05) is 0 Å². The molecule has 1 aromatic carbocycles. The van der Waals surface area contributed by atoms with Crippen molar-refractivity contribution < 1.29 is 4.79 Å². The topological polar surface area (TPSA) is 79.0 Å². The number of nitrogens with one attached hydrogen (secondary N) is 2. The Kier molecular flexibility index (Phi) is 3.46. The van der Waals surface area contributed by atoms with Gasteiger partial charge in [0.25, 0.3) is 5.91 Å². The van der Waals surface area contributed by atoms with Gasteiger partial charge >= 0.3 is 0 Å². The predicted octanol–water partition coefficient (Wildman–Crippen LogP) is 1.84. The molecular formula is C14H17N3O. The smallest absolute Gasteiger partial charge is 0.251 e. The third-order valence-electron chi connectivity index (χ3n) is 3.06. The molecule has 0 unspecified atom stereocenters. The van der Waals surface area contributed by atoms with Gasteiger partial charge in [0.1, 0.15) is 0 Å². The second-order valence-corrected chi connectivity index (χ2v) is 4.54. The van der Waals surface area contributed by atoms with Gasteiger partial charge in [-0.15, -0.1) is 0 Å². The Morgan fingerprint density at radius 3 is 2.78 bits per heavy atom. The Balaban J connectivity index is 2.30. The highest BCUT2D eigenvalue weighted by molar-refractivity contribution is 6.09. The van der Waals surface area contributed by atoms with Crippen molar-refractivity contribution in [3.63, 3.8) is 0 Å². The highest BCUT2D eigenvalue weighted by Crippen LogP contribution is 2.21. The number of amides is 1. The first kappa shape index (κ1) is 12.4. The third kappa shape index (κ3) is 2.59. The lowest BCUT2D eigenvalue weighted by Gasteiger charge is -2.09. The fourth-order valence-electron chi connectivity index (χ4n) is 1.79. The highest BCUT2D eigenvalue weighted by Gasteiger charge is 2.24. The van der Waals surface area contributed by atoms with Crippen LogP contribution in [0.1, 0.15) is 34.3 Å². The molecule has 1 amide bonds. The zero-order valence-electron chi connectivity index (χ0n) is 10.4. The van der Waals surface area contributed by atoms with Crippen LogP contribution in [0.2, 0.25) is 0 Å². The lowest BCUT2D eigenvalue weighted by molar-refractivity contribution is 0.0951.